The van der Waals surface area contributed by atoms with Gasteiger partial charge < -0.3 is 19.9 Å². The molecular formula is C18H24N6O3. The van der Waals surface area contributed by atoms with Crippen molar-refractivity contribution in [2.24, 2.45) is 0 Å². The van der Waals surface area contributed by atoms with E-state index in [9.17, 15) is 9.59 Å². The summed E-state index contributed by atoms with van der Waals surface area (Å²) in [5.41, 5.74) is 1.72. The van der Waals surface area contributed by atoms with E-state index in [1.165, 1.54) is 0 Å². The number of hydrogen-bond donors (Lipinski definition) is 1. The summed E-state index contributed by atoms with van der Waals surface area (Å²) < 4.78 is 7.07. The van der Waals surface area contributed by atoms with Crippen molar-refractivity contribution in [3.63, 3.8) is 0 Å². The van der Waals surface area contributed by atoms with Crippen LogP contribution in [0.25, 0.3) is 11.0 Å². The van der Waals surface area contributed by atoms with Crippen molar-refractivity contribution in [3.8, 4) is 0 Å². The van der Waals surface area contributed by atoms with Crippen molar-refractivity contribution in [1.29, 1.82) is 0 Å². The highest BCUT2D eigenvalue weighted by Crippen LogP contribution is 2.13. The molecule has 2 fully saturated rings. The largest absolute Gasteiger partial charge is 0.378 e. The first-order chi connectivity index (χ1) is 13.2. The van der Waals surface area contributed by atoms with Gasteiger partial charge in [-0.15, -0.1) is 5.10 Å². The standard InChI is InChI=1S/C18H24N6O3/c25-17(5-7-24-15-4-2-1-3-14(15)20-21-24)23-8-6-19-13-16(23)18(26)22-9-11-27-12-10-22/h1-4,16,19H,5-13H2. The summed E-state index contributed by atoms with van der Waals surface area (Å²) in [5, 5.41) is 11.5. The number of nitrogens with one attached hydrogen (secondary N) is 1. The number of morpholine rings is 1. The molecule has 0 aliphatic carbocycles. The monoisotopic (exact) mass is 372 g/mol. The zero-order valence-corrected chi connectivity index (χ0v) is 15.2. The Morgan fingerprint density at radius 2 is 2.00 bits per heavy atom. The summed E-state index contributed by atoms with van der Waals surface area (Å²) >= 11 is 0. The number of para-hydroxylation sites is 1. The third-order valence-corrected chi connectivity index (χ3v) is 5.13. The molecule has 9 nitrogen and oxygen atoms in total. The highest BCUT2D eigenvalue weighted by Gasteiger charge is 2.35. The first kappa shape index (κ1) is 17.9. The molecule has 144 valence electrons. The molecule has 1 N–H and O–H groups in total. The molecule has 2 aliphatic rings. The van der Waals surface area contributed by atoms with Gasteiger partial charge in [-0.2, -0.15) is 0 Å². The van der Waals surface area contributed by atoms with Crippen molar-refractivity contribution < 1.29 is 14.3 Å². The van der Waals surface area contributed by atoms with Crippen LogP contribution < -0.4 is 5.32 Å². The maximum atomic E-state index is 12.9. The average Bonchev–Trinajstić information content (AvgIpc) is 3.15. The fraction of sp³-hybridized carbons (Fsp3) is 0.556. The molecule has 2 aromatic rings. The highest BCUT2D eigenvalue weighted by molar-refractivity contribution is 5.88. The molecule has 3 heterocycles. The quantitative estimate of drug-likeness (QED) is 0.777. The Kier molecular flexibility index (Phi) is 5.30. The van der Waals surface area contributed by atoms with Crippen LogP contribution in [0.15, 0.2) is 24.3 Å². The van der Waals surface area contributed by atoms with Gasteiger partial charge in [0.15, 0.2) is 0 Å². The van der Waals surface area contributed by atoms with Crippen LogP contribution in [-0.2, 0) is 20.9 Å². The maximum absolute atomic E-state index is 12.9. The fourth-order valence-corrected chi connectivity index (χ4v) is 3.65. The molecule has 1 aromatic heterocycles. The van der Waals surface area contributed by atoms with Gasteiger partial charge in [0, 0.05) is 39.1 Å². The zero-order chi connectivity index (χ0) is 18.6. The number of nitrogens with zero attached hydrogens (tertiary/aromatic N) is 5. The number of hydrogen-bond acceptors (Lipinski definition) is 6. The van der Waals surface area contributed by atoms with E-state index in [0.29, 0.717) is 58.9 Å². The lowest BCUT2D eigenvalue weighted by Crippen LogP contribution is -2.61. The van der Waals surface area contributed by atoms with Crippen LogP contribution in [0.2, 0.25) is 0 Å². The van der Waals surface area contributed by atoms with Gasteiger partial charge >= 0.3 is 0 Å². The number of carbonyl (C=O) groups excluding carboxylic acids is 2. The SMILES string of the molecule is O=C(C1CNCCN1C(=O)CCn1nnc2ccccc21)N1CCOCC1. The van der Waals surface area contributed by atoms with Crippen LogP contribution in [0.4, 0.5) is 0 Å². The van der Waals surface area contributed by atoms with E-state index in [-0.39, 0.29) is 11.8 Å². The second kappa shape index (κ2) is 8.01. The summed E-state index contributed by atoms with van der Waals surface area (Å²) in [7, 11) is 0. The lowest BCUT2D eigenvalue weighted by atomic mass is 10.1. The van der Waals surface area contributed by atoms with Crippen molar-refractivity contribution in [2.45, 2.75) is 19.0 Å². The summed E-state index contributed by atoms with van der Waals surface area (Å²) in [6.07, 6.45) is 0.292. The van der Waals surface area contributed by atoms with E-state index >= 15 is 0 Å². The minimum atomic E-state index is -0.447. The molecule has 2 aliphatic heterocycles. The predicted octanol–water partition coefficient (Wildman–Crippen LogP) is -0.519. The van der Waals surface area contributed by atoms with E-state index in [0.717, 1.165) is 11.0 Å². The third-order valence-electron chi connectivity index (χ3n) is 5.13. The number of aromatic nitrogens is 3. The van der Waals surface area contributed by atoms with E-state index in [1.807, 2.05) is 24.3 Å². The normalized spacial score (nSPS) is 20.8. The van der Waals surface area contributed by atoms with E-state index in [4.69, 9.17) is 4.74 Å². The van der Waals surface area contributed by atoms with Gasteiger partial charge in [0.25, 0.3) is 0 Å². The Hall–Kier alpha value is -2.52. The van der Waals surface area contributed by atoms with Crippen LogP contribution >= 0.6 is 0 Å². The molecule has 0 spiro atoms. The predicted molar refractivity (Wildman–Crippen MR) is 97.9 cm³/mol. The van der Waals surface area contributed by atoms with E-state index in [1.54, 1.807) is 14.5 Å². The maximum Gasteiger partial charge on any atom is 0.246 e. The van der Waals surface area contributed by atoms with Gasteiger partial charge in [-0.05, 0) is 12.1 Å². The number of ether oxygens (including phenoxy) is 1. The summed E-state index contributed by atoms with van der Waals surface area (Å²) in [5.74, 6) is -0.0206. The Morgan fingerprint density at radius 1 is 1.19 bits per heavy atom. The highest BCUT2D eigenvalue weighted by atomic mass is 16.5. The number of aryl methyl sites for hydroxylation is 1. The average molecular weight is 372 g/mol. The molecule has 27 heavy (non-hydrogen) atoms. The van der Waals surface area contributed by atoms with Gasteiger partial charge in [0.1, 0.15) is 11.6 Å². The molecule has 0 saturated carbocycles. The second-order valence-corrected chi connectivity index (χ2v) is 6.80. The number of benzene rings is 1. The van der Waals surface area contributed by atoms with Gasteiger partial charge in [0.05, 0.1) is 25.3 Å². The number of amides is 2. The second-order valence-electron chi connectivity index (χ2n) is 6.80. The van der Waals surface area contributed by atoms with Crippen LogP contribution in [0.1, 0.15) is 6.42 Å². The smallest absolute Gasteiger partial charge is 0.246 e. The van der Waals surface area contributed by atoms with Gasteiger partial charge in [0.2, 0.25) is 11.8 Å². The summed E-state index contributed by atoms with van der Waals surface area (Å²) in [6, 6.07) is 7.23. The zero-order valence-electron chi connectivity index (χ0n) is 15.2. The Labute approximate surface area is 157 Å². The van der Waals surface area contributed by atoms with E-state index in [2.05, 4.69) is 15.6 Å². The number of piperazine rings is 1. The van der Waals surface area contributed by atoms with Gasteiger partial charge in [-0.1, -0.05) is 17.3 Å². The molecule has 1 atom stereocenters. The first-order valence-corrected chi connectivity index (χ1v) is 9.39. The Balaban J connectivity index is 1.42. The van der Waals surface area contributed by atoms with Crippen molar-refractivity contribution >= 4 is 22.8 Å². The lowest BCUT2D eigenvalue weighted by Gasteiger charge is -2.39. The van der Waals surface area contributed by atoms with Crippen molar-refractivity contribution in [1.82, 2.24) is 30.1 Å². The van der Waals surface area contributed by atoms with Crippen LogP contribution in [0.5, 0.6) is 0 Å². The topological polar surface area (TPSA) is 92.6 Å². The van der Waals surface area contributed by atoms with Gasteiger partial charge in [-0.3, -0.25) is 9.59 Å². The number of carbonyl (C=O) groups is 2. The molecular weight excluding hydrogens is 348 g/mol. The Morgan fingerprint density at radius 3 is 2.85 bits per heavy atom. The van der Waals surface area contributed by atoms with Crippen molar-refractivity contribution in [2.75, 3.05) is 45.9 Å². The minimum absolute atomic E-state index is 0.00468. The number of fused-ring (bicyclic) bond motifs is 1. The first-order valence-electron chi connectivity index (χ1n) is 9.39. The fourth-order valence-electron chi connectivity index (χ4n) is 3.65. The molecule has 2 amide bonds. The lowest BCUT2D eigenvalue weighted by molar-refractivity contribution is -0.149. The van der Waals surface area contributed by atoms with Crippen molar-refractivity contribution in [3.05, 3.63) is 24.3 Å². The summed E-state index contributed by atoms with van der Waals surface area (Å²) in [4.78, 5) is 29.3. The molecule has 1 aromatic carbocycles. The van der Waals surface area contributed by atoms with Crippen LogP contribution in [0, 0.1) is 0 Å². The van der Waals surface area contributed by atoms with Crippen LogP contribution in [-0.4, -0.2) is 88.6 Å². The molecule has 0 bridgehead atoms. The van der Waals surface area contributed by atoms with Gasteiger partial charge in [-0.25, -0.2) is 4.68 Å². The molecule has 9 heteroatoms. The third kappa shape index (κ3) is 3.79. The molecule has 4 rings (SSSR count). The molecule has 0 radical (unpaired) electrons. The number of rotatable bonds is 4. The van der Waals surface area contributed by atoms with E-state index < -0.39 is 6.04 Å². The van der Waals surface area contributed by atoms with Crippen LogP contribution in [0.3, 0.4) is 0 Å². The molecule has 2 saturated heterocycles. The summed E-state index contributed by atoms with van der Waals surface area (Å²) in [6.45, 7) is 4.46. The molecule has 1 unspecified atom stereocenters. The minimum Gasteiger partial charge on any atom is -0.378 e. The Bertz CT molecular complexity index is 816.